The molecule has 3 rings (SSSR count). The zero-order valence-corrected chi connectivity index (χ0v) is 12.2. The normalized spacial score (nSPS) is 29.0. The summed E-state index contributed by atoms with van der Waals surface area (Å²) in [6.45, 7) is 8.60. The summed E-state index contributed by atoms with van der Waals surface area (Å²) in [6.07, 6.45) is 5.97. The maximum absolute atomic E-state index is 12.6. The van der Waals surface area contributed by atoms with Crippen molar-refractivity contribution in [2.75, 3.05) is 39.3 Å². The molecule has 4 nitrogen and oxygen atoms in total. The van der Waals surface area contributed by atoms with Crippen molar-refractivity contribution in [3.05, 3.63) is 0 Å². The van der Waals surface area contributed by atoms with E-state index in [2.05, 4.69) is 22.0 Å². The van der Waals surface area contributed by atoms with Gasteiger partial charge in [-0.2, -0.15) is 0 Å². The van der Waals surface area contributed by atoms with Crippen molar-refractivity contribution in [1.82, 2.24) is 15.1 Å². The molecule has 2 saturated heterocycles. The topological polar surface area (TPSA) is 35.6 Å². The van der Waals surface area contributed by atoms with Crippen LogP contribution < -0.4 is 5.32 Å². The minimum absolute atomic E-state index is 0.0489. The van der Waals surface area contributed by atoms with Crippen molar-refractivity contribution in [2.24, 2.45) is 5.41 Å². The summed E-state index contributed by atoms with van der Waals surface area (Å²) in [6, 6.07) is 0.623. The number of piperazine rings is 1. The summed E-state index contributed by atoms with van der Waals surface area (Å²) < 4.78 is 0. The van der Waals surface area contributed by atoms with E-state index in [-0.39, 0.29) is 5.41 Å². The summed E-state index contributed by atoms with van der Waals surface area (Å²) in [4.78, 5) is 17.3. The molecule has 0 aromatic heterocycles. The van der Waals surface area contributed by atoms with Gasteiger partial charge in [0, 0.05) is 50.7 Å². The fourth-order valence-corrected chi connectivity index (χ4v) is 3.83. The van der Waals surface area contributed by atoms with Gasteiger partial charge < -0.3 is 10.2 Å². The van der Waals surface area contributed by atoms with Gasteiger partial charge in [0.05, 0.1) is 0 Å². The van der Waals surface area contributed by atoms with Gasteiger partial charge >= 0.3 is 0 Å². The van der Waals surface area contributed by atoms with E-state index in [0.717, 1.165) is 52.1 Å². The minimum Gasteiger partial charge on any atom is -0.339 e. The third kappa shape index (κ3) is 2.65. The fraction of sp³-hybridized carbons (Fsp3) is 0.933. The number of rotatable bonds is 2. The van der Waals surface area contributed by atoms with Gasteiger partial charge in [-0.3, -0.25) is 9.69 Å². The van der Waals surface area contributed by atoms with Crippen LogP contribution in [0.25, 0.3) is 0 Å². The minimum atomic E-state index is -0.0489. The van der Waals surface area contributed by atoms with Gasteiger partial charge in [-0.25, -0.2) is 0 Å². The van der Waals surface area contributed by atoms with Crippen LogP contribution in [0.4, 0.5) is 0 Å². The molecule has 0 bridgehead atoms. The van der Waals surface area contributed by atoms with Gasteiger partial charge in [-0.15, -0.1) is 0 Å². The Morgan fingerprint density at radius 2 is 1.74 bits per heavy atom. The molecule has 108 valence electrons. The first kappa shape index (κ1) is 13.4. The molecular weight excluding hydrogens is 238 g/mol. The highest BCUT2D eigenvalue weighted by Crippen LogP contribution is 2.38. The Labute approximate surface area is 116 Å². The van der Waals surface area contributed by atoms with Crippen molar-refractivity contribution in [3.8, 4) is 0 Å². The van der Waals surface area contributed by atoms with E-state index < -0.39 is 0 Å². The van der Waals surface area contributed by atoms with Crippen LogP contribution >= 0.6 is 0 Å². The van der Waals surface area contributed by atoms with E-state index in [1.54, 1.807) is 0 Å². The number of hydrogen-bond acceptors (Lipinski definition) is 3. The maximum Gasteiger partial charge on any atom is 0.228 e. The zero-order chi connectivity index (χ0) is 13.3. The van der Waals surface area contributed by atoms with E-state index in [0.29, 0.717) is 11.9 Å². The van der Waals surface area contributed by atoms with Crippen LogP contribution in [0.15, 0.2) is 0 Å². The second-order valence-corrected chi connectivity index (χ2v) is 6.77. The molecule has 4 heteroatoms. The van der Waals surface area contributed by atoms with Crippen molar-refractivity contribution in [2.45, 2.75) is 45.1 Å². The molecule has 0 aromatic rings. The third-order valence-electron chi connectivity index (χ3n) is 5.29. The molecule has 0 spiro atoms. The first-order valence-electron chi connectivity index (χ1n) is 7.93. The van der Waals surface area contributed by atoms with E-state index in [1.165, 1.54) is 19.3 Å². The summed E-state index contributed by atoms with van der Waals surface area (Å²) >= 11 is 0. The van der Waals surface area contributed by atoms with E-state index in [1.807, 2.05) is 0 Å². The van der Waals surface area contributed by atoms with Crippen molar-refractivity contribution < 1.29 is 4.79 Å². The zero-order valence-electron chi connectivity index (χ0n) is 12.2. The fourth-order valence-electron chi connectivity index (χ4n) is 3.83. The van der Waals surface area contributed by atoms with Crippen LogP contribution in [-0.4, -0.2) is 61.0 Å². The number of hydrogen-bond donors (Lipinski definition) is 1. The van der Waals surface area contributed by atoms with E-state index >= 15 is 0 Å². The number of nitrogens with zero attached hydrogens (tertiary/aromatic N) is 2. The molecule has 0 aromatic carbocycles. The largest absolute Gasteiger partial charge is 0.339 e. The first-order valence-corrected chi connectivity index (χ1v) is 7.93. The van der Waals surface area contributed by atoms with Crippen LogP contribution in [0.2, 0.25) is 0 Å². The predicted octanol–water partition coefficient (Wildman–Crippen LogP) is 1.07. The van der Waals surface area contributed by atoms with E-state index in [9.17, 15) is 4.79 Å². The van der Waals surface area contributed by atoms with Gasteiger partial charge in [0.25, 0.3) is 0 Å². The summed E-state index contributed by atoms with van der Waals surface area (Å²) in [5.74, 6) is 0.429. The van der Waals surface area contributed by atoms with Crippen LogP contribution in [0.5, 0.6) is 0 Å². The average molecular weight is 265 g/mol. The highest BCUT2D eigenvalue weighted by atomic mass is 16.2. The molecule has 0 atom stereocenters. The second-order valence-electron chi connectivity index (χ2n) is 6.77. The molecule has 0 unspecified atom stereocenters. The summed E-state index contributed by atoms with van der Waals surface area (Å²) in [5, 5.41) is 3.39. The molecule has 0 radical (unpaired) electrons. The van der Waals surface area contributed by atoms with Gasteiger partial charge in [-0.05, 0) is 12.8 Å². The Hall–Kier alpha value is -0.610. The van der Waals surface area contributed by atoms with Crippen molar-refractivity contribution in [3.63, 3.8) is 0 Å². The Morgan fingerprint density at radius 1 is 1.11 bits per heavy atom. The third-order valence-corrected chi connectivity index (χ3v) is 5.29. The van der Waals surface area contributed by atoms with Gasteiger partial charge in [-0.1, -0.05) is 26.2 Å². The highest BCUT2D eigenvalue weighted by molar-refractivity contribution is 5.83. The van der Waals surface area contributed by atoms with Gasteiger partial charge in [0.15, 0.2) is 0 Å². The summed E-state index contributed by atoms with van der Waals surface area (Å²) in [5.41, 5.74) is -0.0489. The molecule has 1 aliphatic carbocycles. The lowest BCUT2D eigenvalue weighted by Gasteiger charge is -2.49. The lowest BCUT2D eigenvalue weighted by Crippen LogP contribution is -2.65. The SMILES string of the molecule is CC1(C(=O)N2CC(N3CCNCC3)C2)CCCCC1. The van der Waals surface area contributed by atoms with Crippen LogP contribution in [0, 0.1) is 5.41 Å². The molecule has 3 fully saturated rings. The Morgan fingerprint density at radius 3 is 2.37 bits per heavy atom. The van der Waals surface area contributed by atoms with Crippen LogP contribution in [0.3, 0.4) is 0 Å². The Bertz CT molecular complexity index is 326. The Kier molecular flexibility index (Phi) is 3.81. The molecule has 1 saturated carbocycles. The van der Waals surface area contributed by atoms with E-state index in [4.69, 9.17) is 0 Å². The second kappa shape index (κ2) is 5.41. The molecule has 2 aliphatic heterocycles. The van der Waals surface area contributed by atoms with Gasteiger partial charge in [0.1, 0.15) is 0 Å². The highest BCUT2D eigenvalue weighted by Gasteiger charge is 2.43. The number of likely N-dealkylation sites (tertiary alicyclic amines) is 1. The molecule has 3 aliphatic rings. The smallest absolute Gasteiger partial charge is 0.228 e. The molecule has 1 N–H and O–H groups in total. The molecule has 2 heterocycles. The molecule has 19 heavy (non-hydrogen) atoms. The first-order chi connectivity index (χ1) is 9.19. The standard InChI is InChI=1S/C15H27N3O/c1-15(5-3-2-4-6-15)14(19)18-11-13(12-18)17-9-7-16-8-10-17/h13,16H,2-12H2,1H3. The van der Waals surface area contributed by atoms with Gasteiger partial charge in [0.2, 0.25) is 5.91 Å². The average Bonchev–Trinajstić information content (AvgIpc) is 2.39. The lowest BCUT2D eigenvalue weighted by atomic mass is 9.74. The maximum atomic E-state index is 12.6. The van der Waals surface area contributed by atoms with Crippen LogP contribution in [0.1, 0.15) is 39.0 Å². The summed E-state index contributed by atoms with van der Waals surface area (Å²) in [7, 11) is 0. The number of carbonyl (C=O) groups excluding carboxylic acids is 1. The Balaban J connectivity index is 1.50. The van der Waals surface area contributed by atoms with Crippen molar-refractivity contribution >= 4 is 5.91 Å². The number of carbonyl (C=O) groups is 1. The quantitative estimate of drug-likeness (QED) is 0.811. The number of nitrogens with one attached hydrogen (secondary N) is 1. The molecule has 1 amide bonds. The van der Waals surface area contributed by atoms with Crippen molar-refractivity contribution in [1.29, 1.82) is 0 Å². The lowest BCUT2D eigenvalue weighted by molar-refractivity contribution is -0.151. The molecular formula is C15H27N3O. The predicted molar refractivity (Wildman–Crippen MR) is 76.0 cm³/mol. The van der Waals surface area contributed by atoms with Crippen LogP contribution in [-0.2, 0) is 4.79 Å². The monoisotopic (exact) mass is 265 g/mol. The number of amides is 1.